The van der Waals surface area contributed by atoms with E-state index < -0.39 is 15.9 Å². The SMILES string of the molecule is CCCCCCCCCc1ccccc1Oc1cc(S(=O)(=O)O)ccc1[O-].[Na+]. The molecule has 0 aliphatic carbocycles. The Labute approximate surface area is 190 Å². The molecule has 5 nitrogen and oxygen atoms in total. The molecule has 0 heterocycles. The van der Waals surface area contributed by atoms with Crippen LogP contribution < -0.4 is 39.4 Å². The van der Waals surface area contributed by atoms with Crippen LogP contribution in [0.5, 0.6) is 17.2 Å². The molecule has 0 atom stereocenters. The summed E-state index contributed by atoms with van der Waals surface area (Å²) in [4.78, 5) is -0.360. The first-order valence-corrected chi connectivity index (χ1v) is 10.9. The molecule has 0 aromatic heterocycles. The first-order valence-electron chi connectivity index (χ1n) is 9.46. The smallest absolute Gasteiger partial charge is 0.870 e. The molecule has 1 N–H and O–H groups in total. The number of hydrogen-bond donors (Lipinski definition) is 1. The number of benzene rings is 2. The molecule has 0 bridgehead atoms. The van der Waals surface area contributed by atoms with Crippen LogP contribution in [0.15, 0.2) is 47.4 Å². The van der Waals surface area contributed by atoms with E-state index >= 15 is 0 Å². The van der Waals surface area contributed by atoms with Crippen molar-refractivity contribution in [3.05, 3.63) is 48.0 Å². The van der Waals surface area contributed by atoms with Gasteiger partial charge in [-0.3, -0.25) is 4.55 Å². The van der Waals surface area contributed by atoms with Gasteiger partial charge in [-0.1, -0.05) is 75.5 Å². The van der Waals surface area contributed by atoms with Gasteiger partial charge in [0, 0.05) is 6.07 Å². The van der Waals surface area contributed by atoms with Crippen molar-refractivity contribution in [1.82, 2.24) is 0 Å². The largest absolute Gasteiger partial charge is 1.00 e. The van der Waals surface area contributed by atoms with Crippen LogP contribution in [0.1, 0.15) is 57.4 Å². The van der Waals surface area contributed by atoms with Crippen molar-refractivity contribution >= 4 is 10.1 Å². The minimum atomic E-state index is -4.39. The Morgan fingerprint density at radius 1 is 0.929 bits per heavy atom. The summed E-state index contributed by atoms with van der Waals surface area (Å²) in [6, 6.07) is 10.6. The van der Waals surface area contributed by atoms with E-state index in [4.69, 9.17) is 9.29 Å². The Morgan fingerprint density at radius 2 is 1.57 bits per heavy atom. The van der Waals surface area contributed by atoms with Gasteiger partial charge < -0.3 is 9.84 Å². The van der Waals surface area contributed by atoms with Crippen LogP contribution in [0.3, 0.4) is 0 Å². The standard InChI is InChI=1S/C21H28O5S.Na/c1-2-3-4-5-6-7-8-11-17-12-9-10-13-20(17)26-21-16-18(27(23,24)25)14-15-19(21)22;/h9-10,12-16,22H,2-8,11H2,1H3,(H,23,24,25);/q;+1/p-1. The van der Waals surface area contributed by atoms with Crippen LogP contribution in [-0.2, 0) is 16.5 Å². The van der Waals surface area contributed by atoms with E-state index in [-0.39, 0.29) is 40.2 Å². The fourth-order valence-corrected chi connectivity index (χ4v) is 3.43. The quantitative estimate of drug-likeness (QED) is 0.346. The Kier molecular flexibility index (Phi) is 11.2. The monoisotopic (exact) mass is 414 g/mol. The van der Waals surface area contributed by atoms with Crippen molar-refractivity contribution in [2.45, 2.75) is 63.2 Å². The van der Waals surface area contributed by atoms with Gasteiger partial charge in [0.25, 0.3) is 10.1 Å². The molecule has 0 fully saturated rings. The minimum absolute atomic E-state index is 0. The van der Waals surface area contributed by atoms with E-state index in [9.17, 15) is 13.5 Å². The molecule has 7 heteroatoms. The van der Waals surface area contributed by atoms with Crippen LogP contribution >= 0.6 is 0 Å². The van der Waals surface area contributed by atoms with Crippen molar-refractivity contribution in [3.8, 4) is 17.2 Å². The number of hydrogen-bond acceptors (Lipinski definition) is 4. The summed E-state index contributed by atoms with van der Waals surface area (Å²) in [5.74, 6) is -0.0154. The van der Waals surface area contributed by atoms with Crippen molar-refractivity contribution in [3.63, 3.8) is 0 Å². The van der Waals surface area contributed by atoms with E-state index in [1.54, 1.807) is 12.1 Å². The van der Waals surface area contributed by atoms with Crippen molar-refractivity contribution in [2.24, 2.45) is 0 Å². The summed E-state index contributed by atoms with van der Waals surface area (Å²) in [5.41, 5.74) is 0.975. The molecule has 0 spiro atoms. The maximum absolute atomic E-state index is 12.0. The third-order valence-corrected chi connectivity index (χ3v) is 5.30. The van der Waals surface area contributed by atoms with Gasteiger partial charge in [-0.05, 0) is 30.5 Å². The second-order valence-electron chi connectivity index (χ2n) is 6.66. The average Bonchev–Trinajstić information content (AvgIpc) is 2.63. The van der Waals surface area contributed by atoms with Crippen molar-refractivity contribution < 1.29 is 52.4 Å². The molecule has 0 aliphatic heterocycles. The van der Waals surface area contributed by atoms with Gasteiger partial charge >= 0.3 is 29.6 Å². The van der Waals surface area contributed by atoms with Gasteiger partial charge in [0.1, 0.15) is 11.5 Å². The third-order valence-electron chi connectivity index (χ3n) is 4.46. The van der Waals surface area contributed by atoms with Crippen LogP contribution in [0, 0.1) is 0 Å². The van der Waals surface area contributed by atoms with Crippen molar-refractivity contribution in [2.75, 3.05) is 0 Å². The van der Waals surface area contributed by atoms with Crippen LogP contribution in [0.4, 0.5) is 0 Å². The molecule has 0 amide bonds. The third kappa shape index (κ3) is 8.13. The summed E-state index contributed by atoms with van der Waals surface area (Å²) < 4.78 is 37.4. The summed E-state index contributed by atoms with van der Waals surface area (Å²) in [5, 5.41) is 12.0. The number of aryl methyl sites for hydroxylation is 1. The van der Waals surface area contributed by atoms with E-state index in [2.05, 4.69) is 6.92 Å². The Balaban J connectivity index is 0.00000392. The second kappa shape index (κ2) is 12.5. The Morgan fingerprint density at radius 3 is 2.25 bits per heavy atom. The molecule has 2 rings (SSSR count). The molecule has 0 aliphatic rings. The molecule has 0 unspecified atom stereocenters. The van der Waals surface area contributed by atoms with E-state index in [1.165, 1.54) is 32.1 Å². The predicted molar refractivity (Wildman–Crippen MR) is 104 cm³/mol. The second-order valence-corrected chi connectivity index (χ2v) is 8.09. The van der Waals surface area contributed by atoms with Gasteiger partial charge in [0.2, 0.25) is 0 Å². The predicted octanol–water partition coefficient (Wildman–Crippen LogP) is 2.10. The number of ether oxygens (including phenoxy) is 1. The van der Waals surface area contributed by atoms with Gasteiger partial charge in [-0.2, -0.15) is 8.42 Å². The summed E-state index contributed by atoms with van der Waals surface area (Å²) >= 11 is 0. The first kappa shape index (κ1) is 25.0. The van der Waals surface area contributed by atoms with E-state index in [1.807, 2.05) is 12.1 Å². The topological polar surface area (TPSA) is 86.7 Å². The van der Waals surface area contributed by atoms with Crippen LogP contribution in [0.25, 0.3) is 0 Å². The maximum atomic E-state index is 12.0. The molecular formula is C21H27NaO5S. The zero-order chi connectivity index (χ0) is 19.7. The number of unbranched alkanes of at least 4 members (excludes halogenated alkanes) is 6. The average molecular weight is 414 g/mol. The molecule has 148 valence electrons. The first-order chi connectivity index (χ1) is 12.9. The van der Waals surface area contributed by atoms with Gasteiger partial charge in [0.15, 0.2) is 0 Å². The molecule has 2 aromatic rings. The van der Waals surface area contributed by atoms with E-state index in [0.717, 1.165) is 43.0 Å². The summed E-state index contributed by atoms with van der Waals surface area (Å²) in [6.07, 6.45) is 9.29. The van der Waals surface area contributed by atoms with Gasteiger partial charge in [-0.15, -0.1) is 0 Å². The molecule has 0 radical (unpaired) electrons. The van der Waals surface area contributed by atoms with Crippen molar-refractivity contribution in [1.29, 1.82) is 0 Å². The zero-order valence-electron chi connectivity index (χ0n) is 16.7. The normalized spacial score (nSPS) is 11.1. The fraction of sp³-hybridized carbons (Fsp3) is 0.429. The zero-order valence-corrected chi connectivity index (χ0v) is 19.5. The molecule has 0 saturated heterocycles. The van der Waals surface area contributed by atoms with Gasteiger partial charge in [-0.25, -0.2) is 0 Å². The Bertz CT molecular complexity index is 836. The molecule has 28 heavy (non-hydrogen) atoms. The van der Waals surface area contributed by atoms with Crippen LogP contribution in [0.2, 0.25) is 0 Å². The number of rotatable bonds is 11. The van der Waals surface area contributed by atoms with Crippen LogP contribution in [-0.4, -0.2) is 13.0 Å². The minimum Gasteiger partial charge on any atom is -0.870 e. The van der Waals surface area contributed by atoms with Gasteiger partial charge in [0.05, 0.1) is 4.90 Å². The fourth-order valence-electron chi connectivity index (χ4n) is 2.93. The summed E-state index contributed by atoms with van der Waals surface area (Å²) in [7, 11) is -4.39. The number of para-hydroxylation sites is 1. The Hall–Kier alpha value is -1.05. The summed E-state index contributed by atoms with van der Waals surface area (Å²) in [6.45, 7) is 2.20. The van der Waals surface area contributed by atoms with E-state index in [0.29, 0.717) is 5.75 Å². The molecule has 2 aromatic carbocycles. The molecule has 0 saturated carbocycles. The molecular weight excluding hydrogens is 387 g/mol. The maximum Gasteiger partial charge on any atom is 1.00 e.